The molecule has 17 heavy (non-hydrogen) atoms. The molecule has 1 aromatic rings. The van der Waals surface area contributed by atoms with Crippen molar-refractivity contribution in [3.8, 4) is 0 Å². The Kier molecular flexibility index (Phi) is 3.04. The van der Waals surface area contributed by atoms with Crippen molar-refractivity contribution in [2.75, 3.05) is 38.1 Å². The van der Waals surface area contributed by atoms with Gasteiger partial charge in [0.2, 0.25) is 0 Å². The van der Waals surface area contributed by atoms with E-state index < -0.39 is 0 Å². The molecular weight excluding hydrogens is 210 g/mol. The Bertz CT molecular complexity index is 391. The highest BCUT2D eigenvalue weighted by Crippen LogP contribution is 2.42. The molecule has 0 amide bonds. The molecule has 0 bridgehead atoms. The highest BCUT2D eigenvalue weighted by molar-refractivity contribution is 5.62. The third-order valence-electron chi connectivity index (χ3n) is 4.09. The zero-order chi connectivity index (χ0) is 11.7. The Labute approximate surface area is 103 Å². The number of nitrogens with zero attached hydrogens (tertiary/aromatic N) is 1. The summed E-state index contributed by atoms with van der Waals surface area (Å²) in [6.45, 7) is 4.47. The summed E-state index contributed by atoms with van der Waals surface area (Å²) >= 11 is 0. The second-order valence-corrected chi connectivity index (χ2v) is 5.02. The molecule has 0 aromatic heterocycles. The molecule has 1 fully saturated rings. The van der Waals surface area contributed by atoms with E-state index >= 15 is 0 Å². The summed E-state index contributed by atoms with van der Waals surface area (Å²) in [6.07, 6.45) is 1.27. The van der Waals surface area contributed by atoms with Crippen molar-refractivity contribution in [2.24, 2.45) is 0 Å². The van der Waals surface area contributed by atoms with Crippen molar-refractivity contribution in [1.29, 1.82) is 0 Å². The van der Waals surface area contributed by atoms with E-state index in [0.29, 0.717) is 12.0 Å². The van der Waals surface area contributed by atoms with E-state index in [1.165, 1.54) is 12.1 Å². The Balaban J connectivity index is 1.91. The quantitative estimate of drug-likeness (QED) is 0.818. The largest absolute Gasteiger partial charge is 0.366 e. The monoisotopic (exact) mass is 231 g/mol. The Morgan fingerprint density at radius 1 is 1.41 bits per heavy atom. The maximum Gasteiger partial charge on any atom is 0.0406 e. The van der Waals surface area contributed by atoms with Gasteiger partial charge in [0.05, 0.1) is 0 Å². The number of rotatable bonds is 3. The van der Waals surface area contributed by atoms with Crippen LogP contribution < -0.4 is 15.5 Å². The highest BCUT2D eigenvalue weighted by atomic mass is 15.2. The van der Waals surface area contributed by atoms with Gasteiger partial charge >= 0.3 is 0 Å². The van der Waals surface area contributed by atoms with Gasteiger partial charge in [0.15, 0.2) is 0 Å². The summed E-state index contributed by atoms with van der Waals surface area (Å²) in [4.78, 5) is 2.61. The molecule has 2 atom stereocenters. The zero-order valence-electron chi connectivity index (χ0n) is 10.4. The van der Waals surface area contributed by atoms with Crippen LogP contribution in [-0.4, -0.2) is 39.3 Å². The maximum atomic E-state index is 3.53. The van der Waals surface area contributed by atoms with Crippen LogP contribution in [0.5, 0.6) is 0 Å². The maximum absolute atomic E-state index is 3.53. The molecule has 3 heteroatoms. The molecule has 2 aliphatic heterocycles. The summed E-state index contributed by atoms with van der Waals surface area (Å²) in [7, 11) is 2.03. The molecule has 1 aromatic carbocycles. The fourth-order valence-electron chi connectivity index (χ4n) is 3.29. The van der Waals surface area contributed by atoms with Gasteiger partial charge in [0.25, 0.3) is 0 Å². The molecular formula is C14H21N3. The third-order valence-corrected chi connectivity index (χ3v) is 4.09. The normalized spacial score (nSPS) is 26.8. The number of fused-ring (bicyclic) bond motifs is 3. The van der Waals surface area contributed by atoms with Crippen LogP contribution in [0.4, 0.5) is 5.69 Å². The van der Waals surface area contributed by atoms with E-state index in [4.69, 9.17) is 0 Å². The highest BCUT2D eigenvalue weighted by Gasteiger charge is 2.38. The van der Waals surface area contributed by atoms with Gasteiger partial charge in [-0.05, 0) is 31.6 Å². The molecule has 92 valence electrons. The summed E-state index contributed by atoms with van der Waals surface area (Å²) in [6, 6.07) is 9.63. The Hall–Kier alpha value is -1.06. The van der Waals surface area contributed by atoms with Crippen LogP contribution in [-0.2, 0) is 0 Å². The van der Waals surface area contributed by atoms with Crippen LogP contribution in [0.1, 0.15) is 17.9 Å². The van der Waals surface area contributed by atoms with E-state index in [2.05, 4.69) is 39.8 Å². The van der Waals surface area contributed by atoms with E-state index in [0.717, 1.165) is 26.2 Å². The van der Waals surface area contributed by atoms with Gasteiger partial charge in [0.1, 0.15) is 0 Å². The van der Waals surface area contributed by atoms with E-state index in [9.17, 15) is 0 Å². The van der Waals surface area contributed by atoms with Crippen LogP contribution in [0.15, 0.2) is 24.3 Å². The van der Waals surface area contributed by atoms with Crippen molar-refractivity contribution < 1.29 is 0 Å². The lowest BCUT2D eigenvalue weighted by molar-refractivity contribution is 0.402. The fourth-order valence-corrected chi connectivity index (χ4v) is 3.29. The zero-order valence-corrected chi connectivity index (χ0v) is 10.4. The summed E-state index contributed by atoms with van der Waals surface area (Å²) < 4.78 is 0. The Morgan fingerprint density at radius 3 is 3.18 bits per heavy atom. The first-order chi connectivity index (χ1) is 8.42. The van der Waals surface area contributed by atoms with Crippen LogP contribution in [0.3, 0.4) is 0 Å². The molecule has 0 radical (unpaired) electrons. The first-order valence-electron chi connectivity index (χ1n) is 6.62. The second kappa shape index (κ2) is 4.67. The molecule has 2 N–H and O–H groups in total. The first-order valence-corrected chi connectivity index (χ1v) is 6.62. The number of benzene rings is 1. The van der Waals surface area contributed by atoms with Crippen LogP contribution in [0.25, 0.3) is 0 Å². The van der Waals surface area contributed by atoms with Gasteiger partial charge in [-0.2, -0.15) is 0 Å². The number of hydrogen-bond donors (Lipinski definition) is 2. The average molecular weight is 231 g/mol. The molecule has 2 heterocycles. The minimum absolute atomic E-state index is 0.691. The minimum atomic E-state index is 0.691. The molecule has 0 aliphatic carbocycles. The smallest absolute Gasteiger partial charge is 0.0406 e. The lowest BCUT2D eigenvalue weighted by atomic mass is 9.90. The number of hydrogen-bond acceptors (Lipinski definition) is 3. The van der Waals surface area contributed by atoms with E-state index in [1.54, 1.807) is 5.56 Å². The van der Waals surface area contributed by atoms with Crippen molar-refractivity contribution in [3.05, 3.63) is 29.8 Å². The van der Waals surface area contributed by atoms with Crippen LogP contribution in [0, 0.1) is 0 Å². The predicted molar refractivity (Wildman–Crippen MR) is 71.7 cm³/mol. The van der Waals surface area contributed by atoms with E-state index in [-0.39, 0.29) is 0 Å². The molecule has 1 saturated heterocycles. The number of para-hydroxylation sites is 1. The third kappa shape index (κ3) is 1.83. The fraction of sp³-hybridized carbons (Fsp3) is 0.571. The summed E-state index contributed by atoms with van der Waals surface area (Å²) in [5, 5.41) is 6.80. The first kappa shape index (κ1) is 11.1. The number of nitrogens with one attached hydrogen (secondary N) is 2. The summed E-state index contributed by atoms with van der Waals surface area (Å²) in [5.41, 5.74) is 3.00. The Morgan fingerprint density at radius 2 is 2.29 bits per heavy atom. The molecule has 3 nitrogen and oxygen atoms in total. The standard InChI is InChI=1S/C14H21N3/c1-15-8-9-17-13-5-3-2-4-11(13)12-10-16-7-6-14(12)17/h2-5,12,14-16H,6-10H2,1H3/t12-,14-/m0/s1. The van der Waals surface area contributed by atoms with Crippen molar-refractivity contribution in [2.45, 2.75) is 18.4 Å². The average Bonchev–Trinajstić information content (AvgIpc) is 2.71. The van der Waals surface area contributed by atoms with Gasteiger partial charge in [0, 0.05) is 37.3 Å². The number of piperidine rings is 1. The molecule has 2 aliphatic rings. The molecule has 0 saturated carbocycles. The number of likely N-dealkylation sites (N-methyl/N-ethyl adjacent to an activating group) is 1. The minimum Gasteiger partial charge on any atom is -0.366 e. The van der Waals surface area contributed by atoms with Gasteiger partial charge in [-0.15, -0.1) is 0 Å². The van der Waals surface area contributed by atoms with Crippen LogP contribution in [0.2, 0.25) is 0 Å². The SMILES string of the molecule is CNCCN1c2ccccc2[C@@H]2CNCC[C@@H]21. The van der Waals surface area contributed by atoms with Gasteiger partial charge in [-0.1, -0.05) is 18.2 Å². The lowest BCUT2D eigenvalue weighted by Crippen LogP contribution is -2.45. The lowest BCUT2D eigenvalue weighted by Gasteiger charge is -2.34. The second-order valence-electron chi connectivity index (χ2n) is 5.02. The van der Waals surface area contributed by atoms with Crippen molar-refractivity contribution in [3.63, 3.8) is 0 Å². The van der Waals surface area contributed by atoms with Crippen LogP contribution >= 0.6 is 0 Å². The number of anilines is 1. The molecule has 0 unspecified atom stereocenters. The van der Waals surface area contributed by atoms with Gasteiger partial charge in [-0.25, -0.2) is 0 Å². The molecule has 3 rings (SSSR count). The van der Waals surface area contributed by atoms with E-state index in [1.807, 2.05) is 7.05 Å². The summed E-state index contributed by atoms with van der Waals surface area (Å²) in [5.74, 6) is 0.691. The van der Waals surface area contributed by atoms with Gasteiger partial charge < -0.3 is 15.5 Å². The topological polar surface area (TPSA) is 27.3 Å². The van der Waals surface area contributed by atoms with Crippen molar-refractivity contribution >= 4 is 5.69 Å². The van der Waals surface area contributed by atoms with Crippen molar-refractivity contribution in [1.82, 2.24) is 10.6 Å². The molecule has 0 spiro atoms. The predicted octanol–water partition coefficient (Wildman–Crippen LogP) is 1.17. The van der Waals surface area contributed by atoms with Gasteiger partial charge in [-0.3, -0.25) is 0 Å².